The fourth-order valence-corrected chi connectivity index (χ4v) is 4.01. The number of rotatable bonds is 5. The molecule has 0 bridgehead atoms. The fraction of sp³-hybridized carbons (Fsp3) is 0.0435. The molecular weight excluding hydrogens is 366 g/mol. The molecule has 3 aromatic carbocycles. The topological polar surface area (TPSA) is 87.3 Å². The molecular formula is C23H21N3OS. The van der Waals surface area contributed by atoms with Gasteiger partial charge in [-0.1, -0.05) is 30.3 Å². The average Bonchev–Trinajstić information content (AvgIpc) is 3.20. The maximum absolute atomic E-state index is 6.58. The number of anilines is 2. The SMILES string of the molecule is Nc1ccc(N)c(-c2cscc2C(N)c2ccc(Oc3ccccc3)cc2)c1. The first kappa shape index (κ1) is 18.1. The van der Waals surface area contributed by atoms with Gasteiger partial charge in [0, 0.05) is 16.9 Å². The molecule has 1 unspecified atom stereocenters. The van der Waals surface area contributed by atoms with Crippen LogP contribution >= 0.6 is 11.3 Å². The molecule has 4 aromatic rings. The zero-order valence-corrected chi connectivity index (χ0v) is 16.0. The van der Waals surface area contributed by atoms with Gasteiger partial charge in [-0.05, 0) is 69.9 Å². The van der Waals surface area contributed by atoms with Gasteiger partial charge < -0.3 is 21.9 Å². The van der Waals surface area contributed by atoms with E-state index < -0.39 is 0 Å². The van der Waals surface area contributed by atoms with Gasteiger partial charge in [0.25, 0.3) is 0 Å². The second-order valence-corrected chi connectivity index (χ2v) is 7.29. The molecule has 4 rings (SSSR count). The minimum absolute atomic E-state index is 0.271. The van der Waals surface area contributed by atoms with Crippen molar-refractivity contribution in [3.05, 3.63) is 94.7 Å². The van der Waals surface area contributed by atoms with Crippen LogP contribution in [0.3, 0.4) is 0 Å². The van der Waals surface area contributed by atoms with Crippen molar-refractivity contribution in [1.29, 1.82) is 0 Å². The molecule has 0 aliphatic rings. The van der Waals surface area contributed by atoms with E-state index in [1.807, 2.05) is 66.7 Å². The minimum Gasteiger partial charge on any atom is -0.457 e. The second kappa shape index (κ2) is 7.76. The Morgan fingerprint density at radius 3 is 2.21 bits per heavy atom. The lowest BCUT2D eigenvalue weighted by molar-refractivity contribution is 0.482. The van der Waals surface area contributed by atoms with Crippen LogP contribution in [-0.4, -0.2) is 0 Å². The number of nitrogens with two attached hydrogens (primary N) is 3. The zero-order valence-electron chi connectivity index (χ0n) is 15.2. The lowest BCUT2D eigenvalue weighted by Crippen LogP contribution is -2.12. The van der Waals surface area contributed by atoms with Crippen molar-refractivity contribution < 1.29 is 4.74 Å². The monoisotopic (exact) mass is 387 g/mol. The molecule has 0 aliphatic carbocycles. The van der Waals surface area contributed by atoms with Gasteiger partial charge in [-0.2, -0.15) is 11.3 Å². The van der Waals surface area contributed by atoms with Gasteiger partial charge in [-0.15, -0.1) is 0 Å². The second-order valence-electron chi connectivity index (χ2n) is 6.55. The number of ether oxygens (including phenoxy) is 1. The molecule has 5 heteroatoms. The summed E-state index contributed by atoms with van der Waals surface area (Å²) in [4.78, 5) is 0. The van der Waals surface area contributed by atoms with E-state index in [0.29, 0.717) is 11.4 Å². The number of hydrogen-bond donors (Lipinski definition) is 3. The van der Waals surface area contributed by atoms with Crippen molar-refractivity contribution in [1.82, 2.24) is 0 Å². The van der Waals surface area contributed by atoms with E-state index in [1.54, 1.807) is 17.4 Å². The van der Waals surface area contributed by atoms with E-state index >= 15 is 0 Å². The highest BCUT2D eigenvalue weighted by molar-refractivity contribution is 7.08. The first-order valence-electron chi connectivity index (χ1n) is 8.92. The van der Waals surface area contributed by atoms with Crippen LogP contribution in [0.1, 0.15) is 17.2 Å². The first-order chi connectivity index (χ1) is 13.6. The summed E-state index contributed by atoms with van der Waals surface area (Å²) in [5.74, 6) is 1.57. The van der Waals surface area contributed by atoms with Crippen molar-refractivity contribution in [2.45, 2.75) is 6.04 Å². The molecule has 0 saturated heterocycles. The van der Waals surface area contributed by atoms with Crippen LogP contribution in [0.5, 0.6) is 11.5 Å². The van der Waals surface area contributed by atoms with E-state index in [1.165, 1.54) is 0 Å². The predicted octanol–water partition coefficient (Wildman–Crippen LogP) is 5.42. The number of para-hydroxylation sites is 1. The summed E-state index contributed by atoms with van der Waals surface area (Å²) in [5.41, 5.74) is 24.0. The molecule has 140 valence electrons. The standard InChI is InChI=1S/C23H21N3OS/c24-16-8-11-22(25)19(12-16)20-13-28-14-21(20)23(26)15-6-9-18(10-7-15)27-17-4-2-1-3-5-17/h1-14,23H,24-26H2. The Bertz CT molecular complexity index is 1070. The molecule has 28 heavy (non-hydrogen) atoms. The Morgan fingerprint density at radius 1 is 0.750 bits per heavy atom. The number of nitrogen functional groups attached to an aromatic ring is 2. The van der Waals surface area contributed by atoms with Crippen molar-refractivity contribution >= 4 is 22.7 Å². The van der Waals surface area contributed by atoms with Crippen molar-refractivity contribution in [3.8, 4) is 22.6 Å². The zero-order chi connectivity index (χ0) is 19.5. The lowest BCUT2D eigenvalue weighted by Gasteiger charge is -2.16. The van der Waals surface area contributed by atoms with Crippen molar-refractivity contribution in [3.63, 3.8) is 0 Å². The highest BCUT2D eigenvalue weighted by Gasteiger charge is 2.17. The molecule has 0 radical (unpaired) electrons. The van der Waals surface area contributed by atoms with Crippen LogP contribution in [0, 0.1) is 0 Å². The molecule has 0 saturated carbocycles. The predicted molar refractivity (Wildman–Crippen MR) is 118 cm³/mol. The van der Waals surface area contributed by atoms with Crippen LogP contribution in [0.2, 0.25) is 0 Å². The Kier molecular flexibility index (Phi) is 5.02. The van der Waals surface area contributed by atoms with E-state index in [4.69, 9.17) is 21.9 Å². The van der Waals surface area contributed by atoms with Crippen LogP contribution in [-0.2, 0) is 0 Å². The normalized spacial score (nSPS) is 11.9. The van der Waals surface area contributed by atoms with Crippen molar-refractivity contribution in [2.24, 2.45) is 5.73 Å². The van der Waals surface area contributed by atoms with Crippen LogP contribution in [0.25, 0.3) is 11.1 Å². The summed E-state index contributed by atoms with van der Waals surface area (Å²) in [5, 5.41) is 4.13. The average molecular weight is 388 g/mol. The van der Waals surface area contributed by atoms with Gasteiger partial charge in [0.2, 0.25) is 0 Å². The molecule has 1 atom stereocenters. The Hall–Kier alpha value is -3.28. The van der Waals surface area contributed by atoms with Gasteiger partial charge in [-0.25, -0.2) is 0 Å². The summed E-state index contributed by atoms with van der Waals surface area (Å²) < 4.78 is 5.86. The van der Waals surface area contributed by atoms with Gasteiger partial charge in [-0.3, -0.25) is 0 Å². The first-order valence-corrected chi connectivity index (χ1v) is 9.86. The summed E-state index contributed by atoms with van der Waals surface area (Å²) >= 11 is 1.60. The molecule has 0 aliphatic heterocycles. The molecule has 4 nitrogen and oxygen atoms in total. The van der Waals surface area contributed by atoms with Crippen molar-refractivity contribution in [2.75, 3.05) is 11.5 Å². The molecule has 0 fully saturated rings. The van der Waals surface area contributed by atoms with E-state index in [9.17, 15) is 0 Å². The third-order valence-electron chi connectivity index (χ3n) is 4.61. The fourth-order valence-electron chi connectivity index (χ4n) is 3.12. The number of thiophene rings is 1. The summed E-state index contributed by atoms with van der Waals surface area (Å²) in [6, 6.07) is 22.8. The van der Waals surface area contributed by atoms with Gasteiger partial charge in [0.1, 0.15) is 11.5 Å². The van der Waals surface area contributed by atoms with E-state index in [-0.39, 0.29) is 6.04 Å². The smallest absolute Gasteiger partial charge is 0.127 e. The third-order valence-corrected chi connectivity index (χ3v) is 5.37. The van der Waals surface area contributed by atoms with Gasteiger partial charge in [0.15, 0.2) is 0 Å². The Labute approximate surface area is 168 Å². The molecule has 0 amide bonds. The van der Waals surface area contributed by atoms with Crippen LogP contribution < -0.4 is 21.9 Å². The lowest BCUT2D eigenvalue weighted by atomic mass is 9.94. The largest absolute Gasteiger partial charge is 0.457 e. The quantitative estimate of drug-likeness (QED) is 0.399. The van der Waals surface area contributed by atoms with Crippen LogP contribution in [0.15, 0.2) is 83.6 Å². The maximum atomic E-state index is 6.58. The highest BCUT2D eigenvalue weighted by atomic mass is 32.1. The minimum atomic E-state index is -0.271. The number of hydrogen-bond acceptors (Lipinski definition) is 5. The van der Waals surface area contributed by atoms with E-state index in [2.05, 4.69) is 10.8 Å². The summed E-state index contributed by atoms with van der Waals surface area (Å²) in [7, 11) is 0. The summed E-state index contributed by atoms with van der Waals surface area (Å²) in [6.45, 7) is 0. The summed E-state index contributed by atoms with van der Waals surface area (Å²) in [6.07, 6.45) is 0. The molecule has 1 aromatic heterocycles. The van der Waals surface area contributed by atoms with E-state index in [0.717, 1.165) is 33.8 Å². The third kappa shape index (κ3) is 3.71. The van der Waals surface area contributed by atoms with Gasteiger partial charge in [0.05, 0.1) is 6.04 Å². The number of benzene rings is 3. The van der Waals surface area contributed by atoms with Gasteiger partial charge >= 0.3 is 0 Å². The highest BCUT2D eigenvalue weighted by Crippen LogP contribution is 2.37. The maximum Gasteiger partial charge on any atom is 0.127 e. The van der Waals surface area contributed by atoms with Crippen LogP contribution in [0.4, 0.5) is 11.4 Å². The molecule has 1 heterocycles. The molecule has 6 N–H and O–H groups in total. The Balaban J connectivity index is 1.60. The molecule has 0 spiro atoms. The Morgan fingerprint density at radius 2 is 1.46 bits per heavy atom.